The minimum atomic E-state index is 0. The molecule has 7 heteroatoms. The number of hydrogen-bond acceptors (Lipinski definition) is 4. The van der Waals surface area contributed by atoms with Crippen LogP contribution in [0.15, 0.2) is 47.5 Å². The third kappa shape index (κ3) is 6.62. The van der Waals surface area contributed by atoms with Crippen LogP contribution in [0.25, 0.3) is 0 Å². The molecule has 0 atom stereocenters. The Morgan fingerprint density at radius 3 is 2.46 bits per heavy atom. The molecule has 0 unspecified atom stereocenters. The smallest absolute Gasteiger partial charge is 0.191 e. The van der Waals surface area contributed by atoms with Crippen LogP contribution < -0.4 is 20.1 Å². The molecular weight excluding hydrogens is 445 g/mol. The van der Waals surface area contributed by atoms with Crippen LogP contribution in [0.1, 0.15) is 18.1 Å². The van der Waals surface area contributed by atoms with E-state index in [4.69, 9.17) is 9.47 Å². The summed E-state index contributed by atoms with van der Waals surface area (Å²) < 4.78 is 10.4. The summed E-state index contributed by atoms with van der Waals surface area (Å²) in [6, 6.07) is 13.0. The number of rotatable bonds is 7. The van der Waals surface area contributed by atoms with Crippen molar-refractivity contribution >= 4 is 29.9 Å². The van der Waals surface area contributed by atoms with Gasteiger partial charge in [-0.2, -0.15) is 0 Å². The quantitative estimate of drug-likeness (QED) is 0.329. The highest BCUT2D eigenvalue weighted by Crippen LogP contribution is 2.22. The van der Waals surface area contributed by atoms with E-state index in [-0.39, 0.29) is 29.7 Å². The molecule has 0 fully saturated rings. The molecule has 0 amide bonds. The summed E-state index contributed by atoms with van der Waals surface area (Å²) in [5, 5.41) is 16.4. The van der Waals surface area contributed by atoms with Crippen molar-refractivity contribution in [2.75, 3.05) is 20.8 Å². The third-order valence-corrected chi connectivity index (χ3v) is 3.63. The number of nitrogens with zero attached hydrogens (tertiary/aromatic N) is 1. The van der Waals surface area contributed by atoms with Gasteiger partial charge in [0.2, 0.25) is 0 Å². The van der Waals surface area contributed by atoms with E-state index < -0.39 is 0 Å². The molecule has 0 spiro atoms. The van der Waals surface area contributed by atoms with Crippen LogP contribution in [0, 0.1) is 0 Å². The molecule has 0 radical (unpaired) electrons. The Kier molecular flexibility index (Phi) is 9.64. The van der Waals surface area contributed by atoms with Crippen molar-refractivity contribution in [1.29, 1.82) is 0 Å². The highest BCUT2D eigenvalue weighted by molar-refractivity contribution is 14.0. The minimum absolute atomic E-state index is 0. The van der Waals surface area contributed by atoms with E-state index in [1.807, 2.05) is 31.2 Å². The van der Waals surface area contributed by atoms with Gasteiger partial charge in [-0.1, -0.05) is 12.1 Å². The van der Waals surface area contributed by atoms with Gasteiger partial charge in [-0.3, -0.25) is 0 Å². The fraction of sp³-hybridized carbons (Fsp3) is 0.316. The third-order valence-electron chi connectivity index (χ3n) is 3.63. The monoisotopic (exact) mass is 471 g/mol. The fourth-order valence-corrected chi connectivity index (χ4v) is 2.29. The summed E-state index contributed by atoms with van der Waals surface area (Å²) in [6.07, 6.45) is 0. The predicted octanol–water partition coefficient (Wildman–Crippen LogP) is 3.28. The Morgan fingerprint density at radius 2 is 1.77 bits per heavy atom. The Bertz CT molecular complexity index is 723. The van der Waals surface area contributed by atoms with Gasteiger partial charge in [0, 0.05) is 18.7 Å². The average molecular weight is 471 g/mol. The van der Waals surface area contributed by atoms with Crippen LogP contribution in [0.3, 0.4) is 0 Å². The second-order valence-electron chi connectivity index (χ2n) is 5.39. The number of halogens is 1. The summed E-state index contributed by atoms with van der Waals surface area (Å²) in [5.41, 5.74) is 1.80. The Hall–Kier alpha value is -2.16. The second kappa shape index (κ2) is 11.5. The molecule has 0 saturated carbocycles. The molecule has 142 valence electrons. The van der Waals surface area contributed by atoms with Crippen LogP contribution in [-0.4, -0.2) is 31.8 Å². The van der Waals surface area contributed by atoms with Crippen LogP contribution in [-0.2, 0) is 13.1 Å². The average Bonchev–Trinajstić information content (AvgIpc) is 2.65. The van der Waals surface area contributed by atoms with E-state index in [0.29, 0.717) is 24.8 Å². The Balaban J connectivity index is 0.00000338. The number of methoxy groups -OCH3 is 2. The molecule has 0 aliphatic rings. The lowest BCUT2D eigenvalue weighted by atomic mass is 10.2. The van der Waals surface area contributed by atoms with E-state index >= 15 is 0 Å². The first-order valence-corrected chi connectivity index (χ1v) is 8.17. The lowest BCUT2D eigenvalue weighted by Gasteiger charge is -2.13. The van der Waals surface area contributed by atoms with Crippen LogP contribution in [0.2, 0.25) is 0 Å². The molecular formula is C19H26IN3O3. The summed E-state index contributed by atoms with van der Waals surface area (Å²) >= 11 is 0. The standard InChI is InChI=1S/C19H25N3O3.HI/c1-4-20-19(21-12-14-6-5-7-16(10-14)24-2)22-13-15-11-17(25-3)8-9-18(15)23;/h5-11,23H,4,12-13H2,1-3H3,(H2,20,21,22);1H. The zero-order chi connectivity index (χ0) is 18.1. The number of benzene rings is 2. The van der Waals surface area contributed by atoms with Crippen molar-refractivity contribution in [2.24, 2.45) is 4.99 Å². The summed E-state index contributed by atoms with van der Waals surface area (Å²) in [6.45, 7) is 3.71. The minimum Gasteiger partial charge on any atom is -0.508 e. The number of nitrogens with one attached hydrogen (secondary N) is 2. The second-order valence-corrected chi connectivity index (χ2v) is 5.39. The summed E-state index contributed by atoms with van der Waals surface area (Å²) in [5.74, 6) is 2.41. The van der Waals surface area contributed by atoms with Gasteiger partial charge in [0.25, 0.3) is 0 Å². The highest BCUT2D eigenvalue weighted by atomic mass is 127. The first-order valence-electron chi connectivity index (χ1n) is 8.17. The molecule has 26 heavy (non-hydrogen) atoms. The molecule has 3 N–H and O–H groups in total. The number of phenolic OH excluding ortho intramolecular Hbond substituents is 1. The SMILES string of the molecule is CCNC(=NCc1cccc(OC)c1)NCc1cc(OC)ccc1O.I. The zero-order valence-corrected chi connectivity index (χ0v) is 17.6. The lowest BCUT2D eigenvalue weighted by molar-refractivity contribution is 0.410. The molecule has 2 aromatic carbocycles. The van der Waals surface area contributed by atoms with Crippen molar-refractivity contribution in [2.45, 2.75) is 20.0 Å². The van der Waals surface area contributed by atoms with E-state index in [2.05, 4.69) is 15.6 Å². The van der Waals surface area contributed by atoms with Gasteiger partial charge in [0.05, 0.1) is 20.8 Å². The highest BCUT2D eigenvalue weighted by Gasteiger charge is 2.05. The van der Waals surface area contributed by atoms with Gasteiger partial charge in [-0.25, -0.2) is 4.99 Å². The van der Waals surface area contributed by atoms with Gasteiger partial charge in [-0.15, -0.1) is 24.0 Å². The van der Waals surface area contributed by atoms with Crippen molar-refractivity contribution < 1.29 is 14.6 Å². The van der Waals surface area contributed by atoms with Crippen molar-refractivity contribution in [3.05, 3.63) is 53.6 Å². The molecule has 2 rings (SSSR count). The molecule has 0 heterocycles. The maximum absolute atomic E-state index is 9.97. The van der Waals surface area contributed by atoms with E-state index in [1.165, 1.54) is 0 Å². The van der Waals surface area contributed by atoms with Crippen LogP contribution in [0.4, 0.5) is 0 Å². The van der Waals surface area contributed by atoms with Crippen LogP contribution >= 0.6 is 24.0 Å². The maximum Gasteiger partial charge on any atom is 0.191 e. The van der Waals surface area contributed by atoms with E-state index in [0.717, 1.165) is 23.4 Å². The first kappa shape index (κ1) is 21.9. The number of phenols is 1. The predicted molar refractivity (Wildman–Crippen MR) is 115 cm³/mol. The zero-order valence-electron chi connectivity index (χ0n) is 15.3. The number of aliphatic imine (C=N–C) groups is 1. The van der Waals surface area contributed by atoms with E-state index in [9.17, 15) is 5.11 Å². The molecule has 6 nitrogen and oxygen atoms in total. The topological polar surface area (TPSA) is 75.1 Å². The number of guanidine groups is 1. The largest absolute Gasteiger partial charge is 0.508 e. The Labute approximate surface area is 171 Å². The molecule has 0 aliphatic heterocycles. The summed E-state index contributed by atoms with van der Waals surface area (Å²) in [7, 11) is 3.25. The van der Waals surface area contributed by atoms with Gasteiger partial charge >= 0.3 is 0 Å². The normalized spacial score (nSPS) is 10.7. The Morgan fingerprint density at radius 1 is 1.04 bits per heavy atom. The number of hydrogen-bond donors (Lipinski definition) is 3. The van der Waals surface area contributed by atoms with Gasteiger partial charge < -0.3 is 25.2 Å². The number of ether oxygens (including phenoxy) is 2. The van der Waals surface area contributed by atoms with Crippen LogP contribution in [0.5, 0.6) is 17.2 Å². The van der Waals surface area contributed by atoms with Gasteiger partial charge in [0.15, 0.2) is 5.96 Å². The number of aromatic hydroxyl groups is 1. The molecule has 2 aromatic rings. The van der Waals surface area contributed by atoms with Crippen molar-refractivity contribution in [3.8, 4) is 17.2 Å². The summed E-state index contributed by atoms with van der Waals surface area (Å²) in [4.78, 5) is 4.57. The van der Waals surface area contributed by atoms with E-state index in [1.54, 1.807) is 32.4 Å². The first-order chi connectivity index (χ1) is 12.2. The van der Waals surface area contributed by atoms with Gasteiger partial charge in [-0.05, 0) is 42.8 Å². The molecule has 0 aromatic heterocycles. The van der Waals surface area contributed by atoms with Crippen molar-refractivity contribution in [1.82, 2.24) is 10.6 Å². The fourth-order valence-electron chi connectivity index (χ4n) is 2.29. The molecule has 0 bridgehead atoms. The maximum atomic E-state index is 9.97. The molecule has 0 aliphatic carbocycles. The van der Waals surface area contributed by atoms with Crippen molar-refractivity contribution in [3.63, 3.8) is 0 Å². The molecule has 0 saturated heterocycles. The van der Waals surface area contributed by atoms with Gasteiger partial charge in [0.1, 0.15) is 17.2 Å². The lowest BCUT2D eigenvalue weighted by Crippen LogP contribution is -2.36.